The van der Waals surface area contributed by atoms with E-state index in [1.54, 1.807) is 6.07 Å². The third kappa shape index (κ3) is 2.89. The van der Waals surface area contributed by atoms with Crippen molar-refractivity contribution in [2.75, 3.05) is 0 Å². The number of fused-ring (bicyclic) bond motifs is 1. The third-order valence-electron chi connectivity index (χ3n) is 4.59. The van der Waals surface area contributed by atoms with Crippen LogP contribution in [-0.2, 0) is 6.42 Å². The fourth-order valence-corrected chi connectivity index (χ4v) is 3.62. The zero-order valence-corrected chi connectivity index (χ0v) is 15.3. The first kappa shape index (κ1) is 17.6. The van der Waals surface area contributed by atoms with Crippen LogP contribution in [0.2, 0.25) is 10.0 Å². The molecule has 9 heteroatoms. The molecular formula is C18H13Cl2N3O4. The minimum Gasteiger partial charge on any atom is -0.411 e. The van der Waals surface area contributed by atoms with Gasteiger partial charge in [-0.15, -0.1) is 4.74 Å². The second kappa shape index (κ2) is 6.75. The molecule has 1 heterocycles. The lowest BCUT2D eigenvalue weighted by Crippen LogP contribution is -2.34. The summed E-state index contributed by atoms with van der Waals surface area (Å²) in [7, 11) is 0. The van der Waals surface area contributed by atoms with Gasteiger partial charge in [-0.1, -0.05) is 52.6 Å². The standard InChI is InChI=1S/C18H13Cl2N3O4/c19-13-7-6-11(9-14(13)20)22-17(24)23(27-18(22)25)15-8-5-10-3-1-2-4-12(10)16(15)21-26/h1-4,6-7,9,15,26H,5,8H2/b21-16-. The number of hydrogen-bond acceptors (Lipinski definition) is 5. The molecule has 27 heavy (non-hydrogen) atoms. The molecule has 1 N–H and O–H groups in total. The van der Waals surface area contributed by atoms with Gasteiger partial charge in [0.2, 0.25) is 0 Å². The Balaban J connectivity index is 1.84. The Hall–Kier alpha value is -2.77. The Morgan fingerprint density at radius 3 is 2.63 bits per heavy atom. The van der Waals surface area contributed by atoms with Gasteiger partial charge < -0.3 is 9.73 Å². The van der Waals surface area contributed by atoms with Gasteiger partial charge in [0.05, 0.1) is 15.7 Å². The summed E-state index contributed by atoms with van der Waals surface area (Å²) in [6, 6.07) is 11.1. The van der Waals surface area contributed by atoms with E-state index in [-0.39, 0.29) is 16.4 Å². The summed E-state index contributed by atoms with van der Waals surface area (Å²) in [5.41, 5.74) is 1.53. The van der Waals surface area contributed by atoms with E-state index in [4.69, 9.17) is 27.7 Å². The normalized spacial score (nSPS) is 17.9. The number of halogens is 2. The highest BCUT2D eigenvalue weighted by Gasteiger charge is 2.31. The molecule has 3 aromatic rings. The van der Waals surface area contributed by atoms with Gasteiger partial charge in [0.25, 0.3) is 0 Å². The molecular weight excluding hydrogens is 393 g/mol. The number of nitrogens with zero attached hydrogens (tertiary/aromatic N) is 3. The molecule has 1 unspecified atom stereocenters. The molecule has 0 radical (unpaired) electrons. The predicted octanol–water partition coefficient (Wildman–Crippen LogP) is 3.26. The van der Waals surface area contributed by atoms with Crippen molar-refractivity contribution < 1.29 is 9.73 Å². The molecule has 0 bridgehead atoms. The molecule has 1 aromatic heterocycles. The van der Waals surface area contributed by atoms with E-state index < -0.39 is 17.5 Å². The van der Waals surface area contributed by atoms with E-state index in [0.717, 1.165) is 14.9 Å². The summed E-state index contributed by atoms with van der Waals surface area (Å²) >= 11 is 11.9. The number of rotatable bonds is 2. The summed E-state index contributed by atoms with van der Waals surface area (Å²) in [4.78, 5) is 25.2. The second-order valence-electron chi connectivity index (χ2n) is 6.10. The average Bonchev–Trinajstić information content (AvgIpc) is 2.97. The summed E-state index contributed by atoms with van der Waals surface area (Å²) in [5, 5.41) is 13.4. The van der Waals surface area contributed by atoms with E-state index >= 15 is 0 Å². The Morgan fingerprint density at radius 2 is 1.89 bits per heavy atom. The molecule has 1 aliphatic rings. The van der Waals surface area contributed by atoms with Crippen molar-refractivity contribution in [2.24, 2.45) is 5.16 Å². The first-order chi connectivity index (χ1) is 13.0. The smallest absolute Gasteiger partial charge is 0.411 e. The van der Waals surface area contributed by atoms with Crippen molar-refractivity contribution in [3.05, 3.63) is 84.7 Å². The van der Waals surface area contributed by atoms with Crippen LogP contribution >= 0.6 is 23.2 Å². The first-order valence-corrected chi connectivity index (χ1v) is 8.87. The lowest BCUT2D eigenvalue weighted by atomic mass is 9.87. The second-order valence-corrected chi connectivity index (χ2v) is 6.91. The highest BCUT2D eigenvalue weighted by molar-refractivity contribution is 6.42. The Morgan fingerprint density at radius 1 is 1.11 bits per heavy atom. The maximum absolute atomic E-state index is 12.9. The van der Waals surface area contributed by atoms with Crippen LogP contribution in [0.25, 0.3) is 5.69 Å². The highest BCUT2D eigenvalue weighted by atomic mass is 35.5. The average molecular weight is 406 g/mol. The van der Waals surface area contributed by atoms with Crippen LogP contribution in [0.3, 0.4) is 0 Å². The van der Waals surface area contributed by atoms with Crippen molar-refractivity contribution in [1.82, 2.24) is 9.31 Å². The van der Waals surface area contributed by atoms with E-state index in [9.17, 15) is 14.8 Å². The number of oxime groups is 1. The Bertz CT molecular complexity index is 1180. The lowest BCUT2D eigenvalue weighted by Gasteiger charge is -2.24. The summed E-state index contributed by atoms with van der Waals surface area (Å²) in [5.74, 6) is -0.866. The fraction of sp³-hybridized carbons (Fsp3) is 0.167. The molecule has 0 saturated carbocycles. The molecule has 7 nitrogen and oxygen atoms in total. The van der Waals surface area contributed by atoms with E-state index in [0.29, 0.717) is 23.4 Å². The molecule has 0 amide bonds. The molecule has 0 spiro atoms. The van der Waals surface area contributed by atoms with Crippen LogP contribution in [-0.4, -0.2) is 20.2 Å². The number of hydrogen-bond donors (Lipinski definition) is 1. The van der Waals surface area contributed by atoms with Crippen LogP contribution in [0.1, 0.15) is 23.6 Å². The Labute approximate surface area is 162 Å². The maximum atomic E-state index is 12.9. The van der Waals surface area contributed by atoms with Gasteiger partial charge in [-0.2, -0.15) is 4.57 Å². The van der Waals surface area contributed by atoms with Crippen LogP contribution in [0.15, 0.2) is 61.7 Å². The van der Waals surface area contributed by atoms with Crippen molar-refractivity contribution in [2.45, 2.75) is 18.9 Å². The topological polar surface area (TPSA) is 89.7 Å². The molecule has 2 aromatic carbocycles. The SMILES string of the molecule is O=c1on(C2CCc3ccccc3/C2=N/O)c(=O)n1-c1ccc(Cl)c(Cl)c1. The molecule has 0 saturated heterocycles. The summed E-state index contributed by atoms with van der Waals surface area (Å²) in [6.07, 6.45) is 1.10. The van der Waals surface area contributed by atoms with Gasteiger partial charge in [-0.25, -0.2) is 9.59 Å². The van der Waals surface area contributed by atoms with E-state index in [1.165, 1.54) is 18.2 Å². The molecule has 1 atom stereocenters. The predicted molar refractivity (Wildman–Crippen MR) is 101 cm³/mol. The molecule has 0 fully saturated rings. The number of aromatic nitrogens is 2. The minimum absolute atomic E-state index is 0.206. The summed E-state index contributed by atoms with van der Waals surface area (Å²) < 4.78 is 7.00. The van der Waals surface area contributed by atoms with Crippen molar-refractivity contribution in [3.63, 3.8) is 0 Å². The van der Waals surface area contributed by atoms with Crippen LogP contribution in [0.4, 0.5) is 0 Å². The highest BCUT2D eigenvalue weighted by Crippen LogP contribution is 2.29. The van der Waals surface area contributed by atoms with Gasteiger partial charge in [-0.3, -0.25) is 0 Å². The van der Waals surface area contributed by atoms with Gasteiger partial charge in [-0.05, 0) is 36.6 Å². The number of benzene rings is 2. The zero-order valence-electron chi connectivity index (χ0n) is 13.8. The monoisotopic (exact) mass is 405 g/mol. The lowest BCUT2D eigenvalue weighted by molar-refractivity contribution is 0.217. The first-order valence-electron chi connectivity index (χ1n) is 8.12. The minimum atomic E-state index is -0.866. The van der Waals surface area contributed by atoms with Crippen LogP contribution < -0.4 is 11.4 Å². The molecule has 4 rings (SSSR count). The quantitative estimate of drug-likeness (QED) is 0.523. The molecule has 138 valence electrons. The zero-order chi connectivity index (χ0) is 19.1. The van der Waals surface area contributed by atoms with Crippen molar-refractivity contribution in [1.29, 1.82) is 0 Å². The third-order valence-corrected chi connectivity index (χ3v) is 5.33. The van der Waals surface area contributed by atoms with Crippen LogP contribution in [0.5, 0.6) is 0 Å². The van der Waals surface area contributed by atoms with E-state index in [1.807, 2.05) is 18.2 Å². The number of aryl methyl sites for hydroxylation is 1. The van der Waals surface area contributed by atoms with Crippen molar-refractivity contribution >= 4 is 28.9 Å². The van der Waals surface area contributed by atoms with Gasteiger partial charge >= 0.3 is 11.4 Å². The molecule has 1 aliphatic carbocycles. The van der Waals surface area contributed by atoms with Gasteiger partial charge in [0.15, 0.2) is 0 Å². The Kier molecular flexibility index (Phi) is 4.41. The van der Waals surface area contributed by atoms with Crippen LogP contribution in [0, 0.1) is 0 Å². The van der Waals surface area contributed by atoms with E-state index in [2.05, 4.69) is 5.16 Å². The largest absolute Gasteiger partial charge is 0.447 e. The van der Waals surface area contributed by atoms with Crippen molar-refractivity contribution in [3.8, 4) is 5.69 Å². The van der Waals surface area contributed by atoms with Gasteiger partial charge in [0.1, 0.15) is 11.8 Å². The van der Waals surface area contributed by atoms with Gasteiger partial charge in [0, 0.05) is 5.56 Å². The maximum Gasteiger partial charge on any atom is 0.447 e. The molecule has 0 aliphatic heterocycles. The summed E-state index contributed by atoms with van der Waals surface area (Å²) in [6.45, 7) is 0. The fourth-order valence-electron chi connectivity index (χ4n) is 3.32.